The van der Waals surface area contributed by atoms with E-state index in [1.54, 1.807) is 50.3 Å². The summed E-state index contributed by atoms with van der Waals surface area (Å²) in [6.45, 7) is 11.7. The zero-order chi connectivity index (χ0) is 37.8. The summed E-state index contributed by atoms with van der Waals surface area (Å²) < 4.78 is 0. The Morgan fingerprint density at radius 3 is 0.686 bits per heavy atom. The van der Waals surface area contributed by atoms with Gasteiger partial charge in [-0.1, -0.05) is 214 Å². The quantitative estimate of drug-likeness (QED) is 0.0462. The number of aliphatic carboxylic acids is 1. The monoisotopic (exact) mass is 739 g/mol. The van der Waals surface area contributed by atoms with Gasteiger partial charge in [-0.2, -0.15) is 0 Å². The third-order valence-corrected chi connectivity index (χ3v) is 16.5. The van der Waals surface area contributed by atoms with E-state index in [4.69, 9.17) is 0 Å². The van der Waals surface area contributed by atoms with Crippen molar-refractivity contribution < 1.29 is 9.90 Å². The zero-order valence-corrected chi connectivity index (χ0v) is 37.4. The van der Waals surface area contributed by atoms with Crippen LogP contribution in [-0.2, 0) is 4.79 Å². The molecule has 0 spiro atoms. The van der Waals surface area contributed by atoms with Crippen molar-refractivity contribution in [3.63, 3.8) is 0 Å². The highest BCUT2D eigenvalue weighted by atomic mass is 31.2. The van der Waals surface area contributed by atoms with E-state index >= 15 is 0 Å². The van der Waals surface area contributed by atoms with Crippen molar-refractivity contribution >= 4 is 13.2 Å². The maximum absolute atomic E-state index is 10.2. The van der Waals surface area contributed by atoms with E-state index in [0.717, 1.165) is 12.8 Å². The molecule has 0 N–H and O–H groups in total. The summed E-state index contributed by atoms with van der Waals surface area (Å²) >= 11 is 0. The van der Waals surface area contributed by atoms with Crippen LogP contribution >= 0.6 is 7.26 Å². The Hall–Kier alpha value is -0.100. The van der Waals surface area contributed by atoms with Crippen molar-refractivity contribution in [2.75, 3.05) is 24.6 Å². The number of hydrogen-bond donors (Lipinski definition) is 0. The van der Waals surface area contributed by atoms with Crippen LogP contribution in [0.15, 0.2) is 0 Å². The third-order valence-electron chi connectivity index (χ3n) is 11.4. The molecule has 3 heteroatoms. The van der Waals surface area contributed by atoms with E-state index in [0.29, 0.717) is 0 Å². The first-order valence-corrected chi connectivity index (χ1v) is 26.6. The van der Waals surface area contributed by atoms with Crippen LogP contribution in [0.25, 0.3) is 0 Å². The second kappa shape index (κ2) is 46.1. The van der Waals surface area contributed by atoms with Crippen LogP contribution in [0.5, 0.6) is 0 Å². The summed E-state index contributed by atoms with van der Waals surface area (Å²) in [7, 11) is -0.697. The van der Waals surface area contributed by atoms with Crippen LogP contribution in [0.4, 0.5) is 0 Å². The minimum atomic E-state index is -0.905. The lowest BCUT2D eigenvalue weighted by molar-refractivity contribution is -0.305. The highest BCUT2D eigenvalue weighted by Crippen LogP contribution is 2.61. The molecule has 0 aliphatic rings. The average molecular weight is 739 g/mol. The summed E-state index contributed by atoms with van der Waals surface area (Å²) in [6, 6.07) is 0. The van der Waals surface area contributed by atoms with Gasteiger partial charge in [-0.15, -0.1) is 0 Å². The Labute approximate surface area is 325 Å². The second-order valence-electron chi connectivity index (χ2n) is 16.7. The van der Waals surface area contributed by atoms with Crippen molar-refractivity contribution in [2.24, 2.45) is 0 Å². The number of rotatable bonds is 42. The molecule has 308 valence electrons. The first kappa shape index (κ1) is 53.0. The smallest absolute Gasteiger partial charge is 0.0594 e. The van der Waals surface area contributed by atoms with E-state index in [9.17, 15) is 9.90 Å². The van der Waals surface area contributed by atoms with Crippen LogP contribution < -0.4 is 5.11 Å². The number of unbranched alkanes of at least 4 members (excludes halogenated alkanes) is 32. The molecule has 0 amide bonds. The fourth-order valence-electron chi connectivity index (χ4n) is 7.87. The van der Waals surface area contributed by atoms with E-state index in [2.05, 4.69) is 34.6 Å². The van der Waals surface area contributed by atoms with Crippen molar-refractivity contribution in [3.05, 3.63) is 0 Å². The molecule has 0 radical (unpaired) electrons. The number of carbonyl (C=O) groups is 1. The molecular weight excluding hydrogens is 640 g/mol. The Balaban J connectivity index is 0. The molecule has 0 rings (SSSR count). The Morgan fingerprint density at radius 1 is 0.294 bits per heavy atom. The summed E-state index contributed by atoms with van der Waals surface area (Å²) in [5.74, 6) is -0.905. The van der Waals surface area contributed by atoms with Crippen LogP contribution in [0.2, 0.25) is 0 Å². The van der Waals surface area contributed by atoms with Gasteiger partial charge >= 0.3 is 0 Å². The van der Waals surface area contributed by atoms with Gasteiger partial charge in [-0.3, -0.25) is 0 Å². The number of hydrogen-bond acceptors (Lipinski definition) is 2. The van der Waals surface area contributed by atoms with Gasteiger partial charge in [-0.25, -0.2) is 0 Å². The molecule has 0 aliphatic carbocycles. The van der Waals surface area contributed by atoms with Gasteiger partial charge in [0.25, 0.3) is 0 Å². The molecule has 2 nitrogen and oxygen atoms in total. The SMILES string of the molecule is CCCCCCCCCCCCCCCC(=O)[O-].CCCCCCCCCCCCCC[P+](CCCCCC)(CCCCCC)CCCCCC. The van der Waals surface area contributed by atoms with E-state index < -0.39 is 13.2 Å². The van der Waals surface area contributed by atoms with Gasteiger partial charge in [0, 0.05) is 13.2 Å². The first-order chi connectivity index (χ1) is 25.0. The summed E-state index contributed by atoms with van der Waals surface area (Å²) in [6.07, 6.45) is 59.0. The lowest BCUT2D eigenvalue weighted by Crippen LogP contribution is -2.21. The van der Waals surface area contributed by atoms with Crippen molar-refractivity contribution in [1.82, 2.24) is 0 Å². The van der Waals surface area contributed by atoms with Crippen LogP contribution in [-0.4, -0.2) is 30.6 Å². The maximum Gasteiger partial charge on any atom is 0.0594 e. The lowest BCUT2D eigenvalue weighted by atomic mass is 10.0. The molecule has 0 heterocycles. The largest absolute Gasteiger partial charge is 0.550 e. The van der Waals surface area contributed by atoms with Gasteiger partial charge < -0.3 is 9.90 Å². The second-order valence-corrected chi connectivity index (χ2v) is 21.1. The predicted molar refractivity (Wildman–Crippen MR) is 235 cm³/mol. The molecule has 0 aliphatic heterocycles. The van der Waals surface area contributed by atoms with E-state index in [1.165, 1.54) is 199 Å². The lowest BCUT2D eigenvalue weighted by Gasteiger charge is -2.28. The molecule has 0 saturated carbocycles. The predicted octanol–water partition coefficient (Wildman–Crippen LogP) is 16.7. The molecule has 0 atom stereocenters. The number of carboxylic acid groups (broad SMARTS) is 1. The number of carbonyl (C=O) groups excluding carboxylic acids is 1. The molecule has 0 aromatic carbocycles. The Bertz CT molecular complexity index is 603. The van der Waals surface area contributed by atoms with Crippen LogP contribution in [0.3, 0.4) is 0 Å². The number of carboxylic acids is 1. The maximum atomic E-state index is 10.2. The van der Waals surface area contributed by atoms with Gasteiger partial charge in [0.2, 0.25) is 0 Å². The molecule has 0 fully saturated rings. The minimum Gasteiger partial charge on any atom is -0.550 e. The molecule has 0 aromatic rings. The van der Waals surface area contributed by atoms with E-state index in [1.807, 2.05) is 0 Å². The summed E-state index contributed by atoms with van der Waals surface area (Å²) in [5.41, 5.74) is 0. The van der Waals surface area contributed by atoms with Gasteiger partial charge in [0.15, 0.2) is 0 Å². The molecular formula is C48H99O2P. The fourth-order valence-corrected chi connectivity index (χ4v) is 12.8. The highest BCUT2D eigenvalue weighted by molar-refractivity contribution is 7.75. The first-order valence-electron chi connectivity index (χ1n) is 24.1. The van der Waals surface area contributed by atoms with Crippen LogP contribution in [0.1, 0.15) is 279 Å². The summed E-state index contributed by atoms with van der Waals surface area (Å²) in [4.78, 5) is 10.2. The van der Waals surface area contributed by atoms with Crippen molar-refractivity contribution in [1.29, 1.82) is 0 Å². The van der Waals surface area contributed by atoms with Gasteiger partial charge in [0.1, 0.15) is 0 Å². The topological polar surface area (TPSA) is 40.1 Å². The van der Waals surface area contributed by atoms with Crippen molar-refractivity contribution in [3.8, 4) is 0 Å². The standard InChI is InChI=1S/C32H68P.C16H32O2/c1-5-9-13-17-18-19-20-21-22-23-24-28-32-33(29-25-14-10-6-2,30-26-15-11-7-3)31-27-16-12-8-4;1-2-3-4-5-6-7-8-9-10-11-12-13-14-15-16(17)18/h5-32H2,1-4H3;2-15H2,1H3,(H,17,18)/q+1;/p-1. The Kier molecular flexibility index (Phi) is 47.9. The highest BCUT2D eigenvalue weighted by Gasteiger charge is 2.34. The molecule has 0 aromatic heterocycles. The molecule has 0 saturated heterocycles. The fraction of sp³-hybridized carbons (Fsp3) is 0.979. The molecule has 0 unspecified atom stereocenters. The minimum absolute atomic E-state index is 0.234. The normalized spacial score (nSPS) is 11.5. The third kappa shape index (κ3) is 44.2. The zero-order valence-electron chi connectivity index (χ0n) is 36.5. The summed E-state index contributed by atoms with van der Waals surface area (Å²) in [5, 5.41) is 10.2. The van der Waals surface area contributed by atoms with Crippen molar-refractivity contribution in [2.45, 2.75) is 279 Å². The van der Waals surface area contributed by atoms with Gasteiger partial charge in [0.05, 0.1) is 24.6 Å². The average Bonchev–Trinajstić information content (AvgIpc) is 3.13. The Morgan fingerprint density at radius 2 is 0.471 bits per heavy atom. The molecule has 51 heavy (non-hydrogen) atoms. The van der Waals surface area contributed by atoms with Gasteiger partial charge in [-0.05, 0) is 64.2 Å². The van der Waals surface area contributed by atoms with E-state index in [-0.39, 0.29) is 6.42 Å². The van der Waals surface area contributed by atoms with Crippen LogP contribution in [0, 0.1) is 0 Å². The molecule has 0 bridgehead atoms.